The molecule has 4 heteroatoms. The van der Waals surface area contributed by atoms with Gasteiger partial charge in [0.05, 0.1) is 38.4 Å². The third-order valence-electron chi connectivity index (χ3n) is 2.93. The van der Waals surface area contributed by atoms with E-state index in [0.717, 1.165) is 52.7 Å². The highest BCUT2D eigenvalue weighted by atomic mass is 16.5. The van der Waals surface area contributed by atoms with E-state index in [1.807, 2.05) is 13.8 Å². The topological polar surface area (TPSA) is 30.9 Å². The van der Waals surface area contributed by atoms with Crippen molar-refractivity contribution in [3.63, 3.8) is 0 Å². The van der Waals surface area contributed by atoms with Crippen molar-refractivity contribution in [1.82, 2.24) is 4.90 Å². The normalized spacial score (nSPS) is 24.2. The number of nitrogens with zero attached hydrogens (tertiary/aromatic N) is 1. The Bertz CT molecular complexity index is 177. The maximum absolute atomic E-state index is 5.32. The van der Waals surface area contributed by atoms with Crippen LogP contribution in [0.25, 0.3) is 0 Å². The molecule has 16 heavy (non-hydrogen) atoms. The van der Waals surface area contributed by atoms with Crippen LogP contribution in [0.2, 0.25) is 0 Å². The quantitative estimate of drug-likeness (QED) is 0.722. The molecule has 0 radical (unpaired) electrons. The highest BCUT2D eigenvalue weighted by Gasteiger charge is 2.40. The maximum atomic E-state index is 5.32. The SMILES string of the molecule is CC.COCC1(CN2CCOCC2)COC1. The van der Waals surface area contributed by atoms with E-state index >= 15 is 0 Å². The van der Waals surface area contributed by atoms with Crippen molar-refractivity contribution < 1.29 is 14.2 Å². The van der Waals surface area contributed by atoms with Gasteiger partial charge in [-0.15, -0.1) is 0 Å². The van der Waals surface area contributed by atoms with Gasteiger partial charge in [-0.3, -0.25) is 4.90 Å². The molecule has 0 atom stereocenters. The van der Waals surface area contributed by atoms with Crippen LogP contribution in [-0.2, 0) is 14.2 Å². The predicted molar refractivity (Wildman–Crippen MR) is 63.7 cm³/mol. The molecule has 0 spiro atoms. The van der Waals surface area contributed by atoms with Crippen LogP contribution in [0.3, 0.4) is 0 Å². The Hall–Kier alpha value is -0.160. The number of rotatable bonds is 4. The zero-order chi connectivity index (χ0) is 11.9. The molecule has 0 unspecified atom stereocenters. The van der Waals surface area contributed by atoms with Gasteiger partial charge >= 0.3 is 0 Å². The standard InChI is InChI=1S/C10H19NO3.C2H6/c1-12-7-10(8-14-9-10)6-11-2-4-13-5-3-11;1-2/h2-9H2,1H3;1-2H3. The van der Waals surface area contributed by atoms with Crippen LogP contribution in [0.4, 0.5) is 0 Å². The first kappa shape index (κ1) is 13.9. The van der Waals surface area contributed by atoms with Crippen molar-refractivity contribution in [3.8, 4) is 0 Å². The Labute approximate surface area is 98.8 Å². The number of hydrogen-bond donors (Lipinski definition) is 0. The first-order valence-electron chi connectivity index (χ1n) is 6.21. The molecule has 2 saturated heterocycles. The first-order valence-corrected chi connectivity index (χ1v) is 6.21. The number of morpholine rings is 1. The van der Waals surface area contributed by atoms with Gasteiger partial charge in [0.15, 0.2) is 0 Å². The van der Waals surface area contributed by atoms with Crippen molar-refractivity contribution in [3.05, 3.63) is 0 Å². The van der Waals surface area contributed by atoms with Crippen LogP contribution < -0.4 is 0 Å². The zero-order valence-corrected chi connectivity index (χ0v) is 10.8. The summed E-state index contributed by atoms with van der Waals surface area (Å²) in [5.74, 6) is 0. The summed E-state index contributed by atoms with van der Waals surface area (Å²) in [6.07, 6.45) is 0. The molecule has 0 amide bonds. The Balaban J connectivity index is 0.000000606. The lowest BCUT2D eigenvalue weighted by Crippen LogP contribution is -2.55. The summed E-state index contributed by atoms with van der Waals surface area (Å²) in [5.41, 5.74) is 0.256. The van der Waals surface area contributed by atoms with E-state index in [1.165, 1.54) is 0 Å². The van der Waals surface area contributed by atoms with Gasteiger partial charge in [0.2, 0.25) is 0 Å². The third kappa shape index (κ3) is 3.70. The Morgan fingerprint density at radius 1 is 1.12 bits per heavy atom. The summed E-state index contributed by atoms with van der Waals surface area (Å²) in [7, 11) is 1.76. The maximum Gasteiger partial charge on any atom is 0.0594 e. The van der Waals surface area contributed by atoms with E-state index in [0.29, 0.717) is 0 Å². The summed E-state index contributed by atoms with van der Waals surface area (Å²) in [6.45, 7) is 11.4. The van der Waals surface area contributed by atoms with Crippen LogP contribution >= 0.6 is 0 Å². The molecule has 0 saturated carbocycles. The van der Waals surface area contributed by atoms with Crippen molar-refractivity contribution in [1.29, 1.82) is 0 Å². The lowest BCUT2D eigenvalue weighted by atomic mass is 9.86. The van der Waals surface area contributed by atoms with E-state index in [4.69, 9.17) is 14.2 Å². The summed E-state index contributed by atoms with van der Waals surface area (Å²) < 4.78 is 15.9. The largest absolute Gasteiger partial charge is 0.384 e. The highest BCUT2D eigenvalue weighted by molar-refractivity contribution is 4.89. The first-order chi connectivity index (χ1) is 7.85. The third-order valence-corrected chi connectivity index (χ3v) is 2.93. The minimum absolute atomic E-state index is 0.256. The van der Waals surface area contributed by atoms with E-state index in [9.17, 15) is 0 Å². The van der Waals surface area contributed by atoms with Gasteiger partial charge in [0.25, 0.3) is 0 Å². The fraction of sp³-hybridized carbons (Fsp3) is 1.00. The minimum Gasteiger partial charge on any atom is -0.384 e. The van der Waals surface area contributed by atoms with Gasteiger partial charge in [0.1, 0.15) is 0 Å². The van der Waals surface area contributed by atoms with Gasteiger partial charge in [-0.25, -0.2) is 0 Å². The van der Waals surface area contributed by atoms with E-state index in [-0.39, 0.29) is 5.41 Å². The van der Waals surface area contributed by atoms with Crippen molar-refractivity contribution >= 4 is 0 Å². The smallest absolute Gasteiger partial charge is 0.0594 e. The Kier molecular flexibility index (Phi) is 6.28. The second-order valence-electron chi connectivity index (χ2n) is 4.31. The van der Waals surface area contributed by atoms with Crippen molar-refractivity contribution in [2.75, 3.05) is 59.8 Å². The van der Waals surface area contributed by atoms with Gasteiger partial charge in [-0.1, -0.05) is 13.8 Å². The highest BCUT2D eigenvalue weighted by Crippen LogP contribution is 2.29. The number of methoxy groups -OCH3 is 1. The average Bonchev–Trinajstić information content (AvgIpc) is 2.30. The lowest BCUT2D eigenvalue weighted by Gasteiger charge is -2.44. The molecule has 0 bridgehead atoms. The molecule has 96 valence electrons. The predicted octanol–water partition coefficient (Wildman–Crippen LogP) is 1.01. The van der Waals surface area contributed by atoms with Gasteiger partial charge in [0, 0.05) is 26.7 Å². The summed E-state index contributed by atoms with van der Waals surface area (Å²) in [4.78, 5) is 2.45. The molecular weight excluding hydrogens is 206 g/mol. The molecule has 0 N–H and O–H groups in total. The molecule has 2 heterocycles. The molecule has 2 aliphatic heterocycles. The molecule has 4 nitrogen and oxygen atoms in total. The summed E-state index contributed by atoms with van der Waals surface area (Å²) in [5, 5.41) is 0. The monoisotopic (exact) mass is 231 g/mol. The van der Waals surface area contributed by atoms with E-state index in [2.05, 4.69) is 4.90 Å². The molecule has 0 aromatic rings. The molecule has 2 fully saturated rings. The van der Waals surface area contributed by atoms with E-state index < -0.39 is 0 Å². The summed E-state index contributed by atoms with van der Waals surface area (Å²) in [6, 6.07) is 0. The molecular formula is C12H25NO3. The fourth-order valence-electron chi connectivity index (χ4n) is 2.15. The summed E-state index contributed by atoms with van der Waals surface area (Å²) >= 11 is 0. The minimum atomic E-state index is 0.256. The zero-order valence-electron chi connectivity index (χ0n) is 10.8. The van der Waals surface area contributed by atoms with Crippen molar-refractivity contribution in [2.24, 2.45) is 5.41 Å². The second-order valence-corrected chi connectivity index (χ2v) is 4.31. The fourth-order valence-corrected chi connectivity index (χ4v) is 2.15. The van der Waals surface area contributed by atoms with Crippen LogP contribution in [0, 0.1) is 5.41 Å². The van der Waals surface area contributed by atoms with Crippen LogP contribution in [0.1, 0.15) is 13.8 Å². The lowest BCUT2D eigenvalue weighted by molar-refractivity contribution is -0.158. The van der Waals surface area contributed by atoms with Crippen LogP contribution in [0.5, 0.6) is 0 Å². The van der Waals surface area contributed by atoms with Crippen LogP contribution in [-0.4, -0.2) is 64.7 Å². The molecule has 0 aliphatic carbocycles. The second kappa shape index (κ2) is 7.22. The van der Waals surface area contributed by atoms with Gasteiger partial charge in [-0.05, 0) is 0 Å². The van der Waals surface area contributed by atoms with Gasteiger partial charge < -0.3 is 14.2 Å². The Morgan fingerprint density at radius 3 is 2.19 bits per heavy atom. The average molecular weight is 231 g/mol. The molecule has 2 aliphatic rings. The number of ether oxygens (including phenoxy) is 3. The van der Waals surface area contributed by atoms with E-state index in [1.54, 1.807) is 7.11 Å². The molecule has 2 rings (SSSR count). The van der Waals surface area contributed by atoms with Gasteiger partial charge in [-0.2, -0.15) is 0 Å². The number of hydrogen-bond acceptors (Lipinski definition) is 4. The molecule has 0 aromatic heterocycles. The van der Waals surface area contributed by atoms with Crippen molar-refractivity contribution in [2.45, 2.75) is 13.8 Å². The molecule has 0 aromatic carbocycles. The Morgan fingerprint density at radius 2 is 1.75 bits per heavy atom. The van der Waals surface area contributed by atoms with Crippen LogP contribution in [0.15, 0.2) is 0 Å².